The Balaban J connectivity index is 2.73. The number of nitrogen functional groups attached to an aromatic ring is 1. The van der Waals surface area contributed by atoms with E-state index >= 15 is 0 Å². The second kappa shape index (κ2) is 5.07. The highest BCUT2D eigenvalue weighted by molar-refractivity contribution is 5.68. The van der Waals surface area contributed by atoms with Crippen LogP contribution >= 0.6 is 0 Å². The number of benzene rings is 1. The van der Waals surface area contributed by atoms with Crippen molar-refractivity contribution in [1.82, 2.24) is 0 Å². The number of hydrogen-bond acceptors (Lipinski definition) is 4. The van der Waals surface area contributed by atoms with Gasteiger partial charge < -0.3 is 20.5 Å². The van der Waals surface area contributed by atoms with Gasteiger partial charge in [0.1, 0.15) is 5.75 Å². The number of hydrogen-bond donors (Lipinski definition) is 2. The van der Waals surface area contributed by atoms with Crippen LogP contribution in [0.4, 0.5) is 11.4 Å². The maximum Gasteiger partial charge on any atom is 0.121 e. The summed E-state index contributed by atoms with van der Waals surface area (Å²) in [5.74, 6) is 0.784. The Morgan fingerprint density at radius 1 is 1.31 bits per heavy atom. The van der Waals surface area contributed by atoms with E-state index in [-0.39, 0.29) is 5.60 Å². The van der Waals surface area contributed by atoms with Crippen LogP contribution in [0.3, 0.4) is 0 Å². The second-order valence-corrected chi connectivity index (χ2v) is 4.27. The Morgan fingerprint density at radius 3 is 2.56 bits per heavy atom. The molecule has 0 saturated heterocycles. The third-order valence-corrected chi connectivity index (χ3v) is 2.52. The Labute approximate surface area is 96.7 Å². The molecule has 0 unspecified atom stereocenters. The SMILES string of the molecule is COc1ccc(N)c(NCC(C)(C)OC)c1. The van der Waals surface area contributed by atoms with Crippen LogP contribution in [0.2, 0.25) is 0 Å². The van der Waals surface area contributed by atoms with E-state index in [9.17, 15) is 0 Å². The minimum atomic E-state index is -0.227. The van der Waals surface area contributed by atoms with E-state index in [0.29, 0.717) is 12.2 Å². The first-order valence-corrected chi connectivity index (χ1v) is 5.21. The fraction of sp³-hybridized carbons (Fsp3) is 0.500. The lowest BCUT2D eigenvalue weighted by atomic mass is 10.1. The first-order valence-electron chi connectivity index (χ1n) is 5.21. The molecular weight excluding hydrogens is 204 g/mol. The average molecular weight is 224 g/mol. The van der Waals surface area contributed by atoms with Gasteiger partial charge in [0, 0.05) is 19.7 Å². The largest absolute Gasteiger partial charge is 0.497 e. The summed E-state index contributed by atoms with van der Waals surface area (Å²) in [4.78, 5) is 0. The van der Waals surface area contributed by atoms with E-state index in [0.717, 1.165) is 11.4 Å². The Hall–Kier alpha value is -1.42. The van der Waals surface area contributed by atoms with Crippen molar-refractivity contribution in [3.05, 3.63) is 18.2 Å². The molecule has 90 valence electrons. The van der Waals surface area contributed by atoms with Gasteiger partial charge in [-0.2, -0.15) is 0 Å². The van der Waals surface area contributed by atoms with Crippen LogP contribution < -0.4 is 15.8 Å². The Morgan fingerprint density at radius 2 is 2.00 bits per heavy atom. The first kappa shape index (κ1) is 12.6. The monoisotopic (exact) mass is 224 g/mol. The molecule has 1 aromatic rings. The van der Waals surface area contributed by atoms with Crippen LogP contribution in [0.15, 0.2) is 18.2 Å². The lowest BCUT2D eigenvalue weighted by molar-refractivity contribution is 0.0344. The molecule has 0 spiro atoms. The molecule has 0 aliphatic carbocycles. The van der Waals surface area contributed by atoms with E-state index in [2.05, 4.69) is 5.32 Å². The molecule has 0 bridgehead atoms. The second-order valence-electron chi connectivity index (χ2n) is 4.27. The molecule has 3 N–H and O–H groups in total. The summed E-state index contributed by atoms with van der Waals surface area (Å²) >= 11 is 0. The van der Waals surface area contributed by atoms with E-state index in [1.165, 1.54) is 0 Å². The molecule has 0 amide bonds. The zero-order chi connectivity index (χ0) is 12.2. The van der Waals surface area contributed by atoms with Gasteiger partial charge in [-0.05, 0) is 26.0 Å². The summed E-state index contributed by atoms with van der Waals surface area (Å²) in [5.41, 5.74) is 7.20. The van der Waals surface area contributed by atoms with Crippen molar-refractivity contribution in [3.63, 3.8) is 0 Å². The average Bonchev–Trinajstić information content (AvgIpc) is 2.28. The number of anilines is 2. The first-order chi connectivity index (χ1) is 7.48. The molecule has 0 atom stereocenters. The molecular formula is C12H20N2O2. The molecule has 0 saturated carbocycles. The maximum atomic E-state index is 5.86. The van der Waals surface area contributed by atoms with Crippen molar-refractivity contribution in [2.75, 3.05) is 31.8 Å². The standard InChI is InChI=1S/C12H20N2O2/c1-12(2,16-4)8-14-11-7-9(15-3)5-6-10(11)13/h5-7,14H,8,13H2,1-4H3. The van der Waals surface area contributed by atoms with Crippen LogP contribution in [-0.2, 0) is 4.74 Å². The molecule has 0 aliphatic rings. The maximum absolute atomic E-state index is 5.86. The molecule has 0 fully saturated rings. The van der Waals surface area contributed by atoms with Gasteiger partial charge in [0.2, 0.25) is 0 Å². The van der Waals surface area contributed by atoms with Crippen LogP contribution in [0.1, 0.15) is 13.8 Å². The summed E-state index contributed by atoms with van der Waals surface area (Å²) in [6.45, 7) is 4.70. The highest BCUT2D eigenvalue weighted by Crippen LogP contribution is 2.25. The van der Waals surface area contributed by atoms with Crippen molar-refractivity contribution < 1.29 is 9.47 Å². The summed E-state index contributed by atoms with van der Waals surface area (Å²) in [7, 11) is 3.32. The fourth-order valence-corrected chi connectivity index (χ4v) is 1.20. The van der Waals surface area contributed by atoms with Crippen molar-refractivity contribution in [2.24, 2.45) is 0 Å². The van der Waals surface area contributed by atoms with Gasteiger partial charge in [-0.1, -0.05) is 0 Å². The molecule has 16 heavy (non-hydrogen) atoms. The summed E-state index contributed by atoms with van der Waals surface area (Å²) in [6.07, 6.45) is 0. The van der Waals surface area contributed by atoms with E-state index < -0.39 is 0 Å². The van der Waals surface area contributed by atoms with E-state index in [4.69, 9.17) is 15.2 Å². The van der Waals surface area contributed by atoms with Crippen LogP contribution in [-0.4, -0.2) is 26.4 Å². The summed E-state index contributed by atoms with van der Waals surface area (Å²) < 4.78 is 10.5. The van der Waals surface area contributed by atoms with Crippen molar-refractivity contribution in [1.29, 1.82) is 0 Å². The van der Waals surface area contributed by atoms with Crippen molar-refractivity contribution in [3.8, 4) is 5.75 Å². The molecule has 0 radical (unpaired) electrons. The lowest BCUT2D eigenvalue weighted by Gasteiger charge is -2.24. The predicted molar refractivity (Wildman–Crippen MR) is 67.0 cm³/mol. The molecule has 4 nitrogen and oxygen atoms in total. The highest BCUT2D eigenvalue weighted by Gasteiger charge is 2.16. The number of nitrogens with two attached hydrogens (primary N) is 1. The normalized spacial score (nSPS) is 11.2. The molecule has 0 heterocycles. The zero-order valence-electron chi connectivity index (χ0n) is 10.3. The summed E-state index contributed by atoms with van der Waals surface area (Å²) in [6, 6.07) is 5.53. The number of ether oxygens (including phenoxy) is 2. The number of nitrogens with one attached hydrogen (secondary N) is 1. The van der Waals surface area contributed by atoms with E-state index in [1.807, 2.05) is 32.0 Å². The Kier molecular flexibility index (Phi) is 4.01. The van der Waals surface area contributed by atoms with Gasteiger partial charge in [0.25, 0.3) is 0 Å². The molecule has 4 heteroatoms. The van der Waals surface area contributed by atoms with Gasteiger partial charge in [-0.3, -0.25) is 0 Å². The summed E-state index contributed by atoms with van der Waals surface area (Å²) in [5, 5.41) is 3.25. The van der Waals surface area contributed by atoms with Gasteiger partial charge in [-0.15, -0.1) is 0 Å². The fourth-order valence-electron chi connectivity index (χ4n) is 1.20. The smallest absolute Gasteiger partial charge is 0.121 e. The molecule has 0 aliphatic heterocycles. The van der Waals surface area contributed by atoms with Crippen LogP contribution in [0, 0.1) is 0 Å². The number of rotatable bonds is 5. The third kappa shape index (κ3) is 3.31. The minimum Gasteiger partial charge on any atom is -0.497 e. The zero-order valence-corrected chi connectivity index (χ0v) is 10.3. The minimum absolute atomic E-state index is 0.227. The van der Waals surface area contributed by atoms with Crippen molar-refractivity contribution >= 4 is 11.4 Å². The van der Waals surface area contributed by atoms with Crippen LogP contribution in [0.5, 0.6) is 5.75 Å². The van der Waals surface area contributed by atoms with Gasteiger partial charge in [0.15, 0.2) is 0 Å². The van der Waals surface area contributed by atoms with E-state index in [1.54, 1.807) is 14.2 Å². The van der Waals surface area contributed by atoms with Crippen molar-refractivity contribution in [2.45, 2.75) is 19.4 Å². The van der Waals surface area contributed by atoms with Gasteiger partial charge in [-0.25, -0.2) is 0 Å². The van der Waals surface area contributed by atoms with Gasteiger partial charge >= 0.3 is 0 Å². The van der Waals surface area contributed by atoms with Gasteiger partial charge in [0.05, 0.1) is 24.1 Å². The molecule has 0 aromatic heterocycles. The molecule has 1 rings (SSSR count). The van der Waals surface area contributed by atoms with Crippen LogP contribution in [0.25, 0.3) is 0 Å². The predicted octanol–water partition coefficient (Wildman–Crippen LogP) is 2.11. The topological polar surface area (TPSA) is 56.5 Å². The molecule has 1 aromatic carbocycles. The lowest BCUT2D eigenvalue weighted by Crippen LogP contribution is -2.32. The highest BCUT2D eigenvalue weighted by atomic mass is 16.5. The third-order valence-electron chi connectivity index (χ3n) is 2.52. The quantitative estimate of drug-likeness (QED) is 0.752. The Bertz CT molecular complexity index is 351. The number of methoxy groups -OCH3 is 2.